The number of hydrogen-bond acceptors (Lipinski definition) is 14. The van der Waals surface area contributed by atoms with E-state index in [0.717, 1.165) is 0 Å². The molecule has 4 fully saturated rings. The number of likely N-dealkylation sites (N-methyl/N-ethyl adjacent to an activating group) is 2. The fraction of sp³-hybridized carbons (Fsp3) is 0.884. The number of aliphatic hydroxyl groups excluding tert-OH is 2. The highest BCUT2D eigenvalue weighted by atomic mass is 16.7. The van der Waals surface area contributed by atoms with E-state index in [-0.39, 0.29) is 37.2 Å². The van der Waals surface area contributed by atoms with Crippen LogP contribution in [-0.2, 0) is 47.5 Å². The molecular weight excluding hydrogens is 752 g/mol. The Hall–Kier alpha value is -2.39. The van der Waals surface area contributed by atoms with E-state index in [9.17, 15) is 24.6 Å². The van der Waals surface area contributed by atoms with E-state index in [4.69, 9.17) is 44.3 Å². The molecular formula is C43H72N2O13. The lowest BCUT2D eigenvalue weighted by atomic mass is 9.73. The standard InChI is InChI=1S/C43H72N2O13/c1-16-18-19-44(12)29-20-24(4)53-39(33(29)47)57-37-26(6)34(56-31-22-41(9,51-14)36(48)28(8)54-31)27(7)38(49)55-30(17-2)43(11)35(45(13)40(50)58-43)25(5)32(46)23(3)21-42(37,10)52-15/h1,23-31,33-37,39,47-48H,17-22H2,2-15H3/t23-,24-,25+,26+,27-,28+,29+,30-,31+,33-,34+,35-,36+,37-,39+,41-,42-,43-/m1/s1. The number of cyclic esters (lactones) is 1. The SMILES string of the molecule is C#CCCN(C)[C@H]1C[C@@H](C)O[C@@H](O[C@@H]2[C@@H](C)[C@H](O[C@H]3C[C@@](C)(OC)[C@@H](O)[C@H](C)O3)[C@@H](C)C(=O)O[C@H](CC)[C@@]3(C)OC(=O)N(C)[C@@H]3[C@@H](C)C(=O)[C@H](C)C[C@@]2(C)OC)[C@@H]1O. The summed E-state index contributed by atoms with van der Waals surface area (Å²) in [7, 11) is 6.54. The van der Waals surface area contributed by atoms with Crippen molar-refractivity contribution >= 4 is 17.8 Å². The van der Waals surface area contributed by atoms with Crippen LogP contribution in [0.3, 0.4) is 0 Å². The van der Waals surface area contributed by atoms with Crippen molar-refractivity contribution in [3.05, 3.63) is 0 Å². The van der Waals surface area contributed by atoms with Crippen LogP contribution in [-0.4, -0.2) is 157 Å². The second kappa shape index (κ2) is 19.1. The zero-order valence-corrected chi connectivity index (χ0v) is 37.3. The summed E-state index contributed by atoms with van der Waals surface area (Å²) in [5.41, 5.74) is -3.65. The number of rotatable bonds is 10. The number of nitrogens with zero attached hydrogens (tertiary/aromatic N) is 2. The molecule has 0 aromatic heterocycles. The second-order valence-corrected chi connectivity index (χ2v) is 18.0. The van der Waals surface area contributed by atoms with Gasteiger partial charge in [-0.25, -0.2) is 4.79 Å². The monoisotopic (exact) mass is 825 g/mol. The summed E-state index contributed by atoms with van der Waals surface area (Å²) < 4.78 is 50.9. The molecule has 1 amide bonds. The molecule has 15 heteroatoms. The van der Waals surface area contributed by atoms with Gasteiger partial charge in [-0.3, -0.25) is 14.5 Å². The number of ketones is 1. The Balaban J connectivity index is 1.88. The van der Waals surface area contributed by atoms with Gasteiger partial charge in [-0.05, 0) is 67.9 Å². The number of Topliss-reactive ketones (excluding diaryl/α,β-unsaturated/α-hetero) is 1. The molecule has 0 aromatic rings. The molecule has 4 aliphatic heterocycles. The first-order valence-corrected chi connectivity index (χ1v) is 21.0. The van der Waals surface area contributed by atoms with Crippen LogP contribution in [0, 0.1) is 36.0 Å². The summed E-state index contributed by atoms with van der Waals surface area (Å²) in [5.74, 6) is -1.17. The van der Waals surface area contributed by atoms with Gasteiger partial charge < -0.3 is 53.0 Å². The van der Waals surface area contributed by atoms with Gasteiger partial charge in [-0.15, -0.1) is 12.3 Å². The van der Waals surface area contributed by atoms with Crippen molar-refractivity contribution in [1.82, 2.24) is 9.80 Å². The minimum atomic E-state index is -1.36. The summed E-state index contributed by atoms with van der Waals surface area (Å²) in [6.07, 6.45) is -1.49. The number of terminal acetylenes is 1. The lowest BCUT2D eigenvalue weighted by Crippen LogP contribution is -2.62. The lowest BCUT2D eigenvalue weighted by molar-refractivity contribution is -0.319. The average molecular weight is 825 g/mol. The molecule has 4 saturated heterocycles. The molecule has 4 heterocycles. The van der Waals surface area contributed by atoms with E-state index in [2.05, 4.69) is 5.92 Å². The number of fused-ring (bicyclic) bond motifs is 1. The molecule has 0 spiro atoms. The summed E-state index contributed by atoms with van der Waals surface area (Å²) in [5, 5.41) is 22.9. The number of amides is 1. The van der Waals surface area contributed by atoms with Crippen molar-refractivity contribution in [3.63, 3.8) is 0 Å². The Morgan fingerprint density at radius 1 is 0.948 bits per heavy atom. The maximum absolute atomic E-state index is 14.6. The van der Waals surface area contributed by atoms with E-state index < -0.39 is 108 Å². The second-order valence-electron chi connectivity index (χ2n) is 18.0. The maximum Gasteiger partial charge on any atom is 0.410 e. The van der Waals surface area contributed by atoms with Crippen LogP contribution in [0.5, 0.6) is 0 Å². The zero-order valence-electron chi connectivity index (χ0n) is 37.3. The zero-order chi connectivity index (χ0) is 43.7. The normalized spacial score (nSPS) is 45.9. The largest absolute Gasteiger partial charge is 0.458 e. The third-order valence-corrected chi connectivity index (χ3v) is 13.8. The van der Waals surface area contributed by atoms with Crippen molar-refractivity contribution in [3.8, 4) is 12.3 Å². The van der Waals surface area contributed by atoms with Crippen LogP contribution in [0.25, 0.3) is 0 Å². The number of aliphatic hydroxyl groups is 2. The number of ether oxygens (including phenoxy) is 8. The molecule has 0 radical (unpaired) electrons. The first-order valence-electron chi connectivity index (χ1n) is 21.0. The van der Waals surface area contributed by atoms with E-state index in [1.807, 2.05) is 46.6 Å². The van der Waals surface area contributed by atoms with Gasteiger partial charge in [-0.1, -0.05) is 27.7 Å². The summed E-state index contributed by atoms with van der Waals surface area (Å²) in [4.78, 5) is 45.8. The van der Waals surface area contributed by atoms with Gasteiger partial charge in [0.2, 0.25) is 0 Å². The summed E-state index contributed by atoms with van der Waals surface area (Å²) in [6, 6.07) is -1.11. The van der Waals surface area contributed by atoms with Gasteiger partial charge in [0.25, 0.3) is 0 Å². The van der Waals surface area contributed by atoms with Crippen molar-refractivity contribution in [1.29, 1.82) is 0 Å². The minimum Gasteiger partial charge on any atom is -0.458 e. The van der Waals surface area contributed by atoms with Crippen molar-refractivity contribution in [2.24, 2.45) is 23.7 Å². The fourth-order valence-electron chi connectivity index (χ4n) is 10.1. The predicted molar refractivity (Wildman–Crippen MR) is 213 cm³/mol. The first kappa shape index (κ1) is 48.3. The number of hydrogen-bond donors (Lipinski definition) is 2. The molecule has 0 saturated carbocycles. The Morgan fingerprint density at radius 3 is 2.17 bits per heavy atom. The summed E-state index contributed by atoms with van der Waals surface area (Å²) >= 11 is 0. The molecule has 0 aliphatic carbocycles. The molecule has 4 aliphatic rings. The highest BCUT2D eigenvalue weighted by Crippen LogP contribution is 2.44. The van der Waals surface area contributed by atoms with E-state index in [0.29, 0.717) is 19.4 Å². The van der Waals surface area contributed by atoms with Crippen LogP contribution in [0.4, 0.5) is 4.79 Å². The summed E-state index contributed by atoms with van der Waals surface area (Å²) in [6.45, 7) is 18.5. The predicted octanol–water partition coefficient (Wildman–Crippen LogP) is 3.93. The molecule has 15 nitrogen and oxygen atoms in total. The first-order chi connectivity index (χ1) is 27.0. The lowest BCUT2D eigenvalue weighted by Gasteiger charge is -2.50. The van der Waals surface area contributed by atoms with Gasteiger partial charge in [0.1, 0.15) is 24.1 Å². The third kappa shape index (κ3) is 9.56. The van der Waals surface area contributed by atoms with Crippen molar-refractivity contribution in [2.45, 2.75) is 186 Å². The van der Waals surface area contributed by atoms with Crippen molar-refractivity contribution in [2.75, 3.05) is 34.9 Å². The highest BCUT2D eigenvalue weighted by Gasteiger charge is 2.60. The Bertz CT molecular complexity index is 1480. The molecule has 0 bridgehead atoms. The molecule has 0 unspecified atom stereocenters. The molecule has 2 N–H and O–H groups in total. The molecule has 4 rings (SSSR count). The smallest absolute Gasteiger partial charge is 0.410 e. The van der Waals surface area contributed by atoms with Gasteiger partial charge in [0, 0.05) is 64.4 Å². The van der Waals surface area contributed by atoms with Crippen LogP contribution >= 0.6 is 0 Å². The number of carbonyl (C=O) groups excluding carboxylic acids is 3. The Kier molecular flexibility index (Phi) is 15.9. The quantitative estimate of drug-likeness (QED) is 0.240. The minimum absolute atomic E-state index is 0.129. The van der Waals surface area contributed by atoms with Crippen molar-refractivity contribution < 1.29 is 62.5 Å². The number of methoxy groups -OCH3 is 2. The third-order valence-electron chi connectivity index (χ3n) is 13.8. The highest BCUT2D eigenvalue weighted by molar-refractivity contribution is 5.85. The van der Waals surface area contributed by atoms with Crippen LogP contribution in [0.1, 0.15) is 101 Å². The number of carbonyl (C=O) groups is 3. The van der Waals surface area contributed by atoms with Crippen LogP contribution in [0.2, 0.25) is 0 Å². The number of esters is 1. The van der Waals surface area contributed by atoms with Gasteiger partial charge in [0.05, 0.1) is 47.6 Å². The van der Waals surface area contributed by atoms with Crippen LogP contribution in [0.15, 0.2) is 0 Å². The molecule has 332 valence electrons. The van der Waals surface area contributed by atoms with Crippen LogP contribution < -0.4 is 0 Å². The average Bonchev–Trinajstić information content (AvgIpc) is 3.42. The van der Waals surface area contributed by atoms with Gasteiger partial charge in [-0.2, -0.15) is 0 Å². The Morgan fingerprint density at radius 2 is 1.59 bits per heavy atom. The van der Waals surface area contributed by atoms with Gasteiger partial charge >= 0.3 is 12.1 Å². The Labute approximate surface area is 346 Å². The van der Waals surface area contributed by atoms with E-state index in [1.165, 1.54) is 19.1 Å². The van der Waals surface area contributed by atoms with E-state index in [1.54, 1.807) is 41.7 Å². The van der Waals surface area contributed by atoms with E-state index >= 15 is 0 Å². The maximum atomic E-state index is 14.6. The van der Waals surface area contributed by atoms with Gasteiger partial charge in [0.15, 0.2) is 18.2 Å². The molecule has 18 atom stereocenters. The molecule has 58 heavy (non-hydrogen) atoms. The molecule has 0 aromatic carbocycles. The fourth-order valence-corrected chi connectivity index (χ4v) is 10.1. The topological polar surface area (TPSA) is 172 Å².